The number of carbonyl (C=O) groups is 1. The Morgan fingerprint density at radius 3 is 1.33 bits per heavy atom. The average molecular weight is 913 g/mol. The smallest absolute Gasteiger partial charge is 0.268 e. The number of phosphoric ester groups is 1. The van der Waals surface area contributed by atoms with Crippen LogP contribution in [-0.4, -0.2) is 79.8 Å². The highest BCUT2D eigenvalue weighted by Crippen LogP contribution is 2.38. The van der Waals surface area contributed by atoms with E-state index in [0.29, 0.717) is 30.3 Å². The quantitative estimate of drug-likeness (QED) is 0.0240. The van der Waals surface area contributed by atoms with Crippen LogP contribution in [0.15, 0.2) is 24.3 Å². The third kappa shape index (κ3) is 45.9. The summed E-state index contributed by atoms with van der Waals surface area (Å²) in [6, 6.07) is -1.09. The number of likely N-dealkylation sites (N-methyl/N-ethyl adjacent to an activating group) is 1. The van der Waals surface area contributed by atoms with Crippen LogP contribution in [0, 0.1) is 0 Å². The number of aliphatic hydroxyl groups excluding tert-OH is 2. The van der Waals surface area contributed by atoms with Crippen molar-refractivity contribution in [3.63, 3.8) is 0 Å². The number of phosphoric acid groups is 1. The van der Waals surface area contributed by atoms with Gasteiger partial charge in [0.2, 0.25) is 5.91 Å². The lowest BCUT2D eigenvalue weighted by Crippen LogP contribution is -2.51. The van der Waals surface area contributed by atoms with Gasteiger partial charge in [0.15, 0.2) is 0 Å². The first-order valence-corrected chi connectivity index (χ1v) is 28.2. The van der Waals surface area contributed by atoms with Gasteiger partial charge in [0, 0.05) is 6.42 Å². The van der Waals surface area contributed by atoms with Crippen molar-refractivity contribution in [3.8, 4) is 0 Å². The van der Waals surface area contributed by atoms with Crippen LogP contribution in [0.1, 0.15) is 251 Å². The highest BCUT2D eigenvalue weighted by atomic mass is 31.2. The van der Waals surface area contributed by atoms with Gasteiger partial charge in [0.1, 0.15) is 19.3 Å². The first-order chi connectivity index (χ1) is 30.4. The lowest BCUT2D eigenvalue weighted by molar-refractivity contribution is -0.870. The maximum Gasteiger partial charge on any atom is 0.268 e. The van der Waals surface area contributed by atoms with E-state index in [2.05, 4.69) is 43.5 Å². The molecule has 0 bridgehead atoms. The number of quaternary nitrogens is 1. The molecule has 9 nitrogen and oxygen atoms in total. The van der Waals surface area contributed by atoms with E-state index in [1.54, 1.807) is 0 Å². The Morgan fingerprint density at radius 1 is 0.556 bits per heavy atom. The summed E-state index contributed by atoms with van der Waals surface area (Å²) < 4.78 is 23.2. The van der Waals surface area contributed by atoms with E-state index >= 15 is 0 Å². The number of nitrogens with one attached hydrogen (secondary N) is 1. The fraction of sp³-hybridized carbons (Fsp3) is 0.906. The zero-order valence-electron chi connectivity index (χ0n) is 42.2. The van der Waals surface area contributed by atoms with Crippen LogP contribution in [0.3, 0.4) is 0 Å². The fourth-order valence-corrected chi connectivity index (χ4v) is 8.70. The van der Waals surface area contributed by atoms with Crippen LogP contribution in [0.2, 0.25) is 0 Å². The van der Waals surface area contributed by atoms with Crippen molar-refractivity contribution in [1.82, 2.24) is 5.32 Å². The molecule has 0 aromatic heterocycles. The third-order valence-corrected chi connectivity index (χ3v) is 13.2. The van der Waals surface area contributed by atoms with Gasteiger partial charge in [0.25, 0.3) is 7.82 Å². The molecular formula is C53H105N2O7P. The number of rotatable bonds is 49. The van der Waals surface area contributed by atoms with Crippen LogP contribution in [-0.2, 0) is 18.4 Å². The highest BCUT2D eigenvalue weighted by Gasteiger charge is 2.29. The predicted octanol–water partition coefficient (Wildman–Crippen LogP) is 14.0. The van der Waals surface area contributed by atoms with Gasteiger partial charge in [-0.05, 0) is 51.4 Å². The zero-order valence-corrected chi connectivity index (χ0v) is 43.1. The molecule has 1 amide bonds. The van der Waals surface area contributed by atoms with E-state index in [-0.39, 0.29) is 18.9 Å². The van der Waals surface area contributed by atoms with Crippen LogP contribution in [0.4, 0.5) is 0 Å². The zero-order chi connectivity index (χ0) is 46.5. The number of hydrogen-bond donors (Lipinski definition) is 3. The number of nitrogens with zero attached hydrogens (tertiary/aromatic N) is 1. The summed E-state index contributed by atoms with van der Waals surface area (Å²) in [6.45, 7) is 4.40. The standard InChI is InChI=1S/C53H105N2O7P/c1-6-8-10-12-14-16-18-20-21-22-23-24-25-26-27-28-29-30-31-32-33-34-36-38-40-42-44-46-52(57)54-50(49-62-63(59,60)61-48-47-55(3,4)5)53(58)51(56)45-43-41-39-37-35-19-17-15-13-11-9-7-2/h15,17,37,39,50-51,53,56,58H,6-14,16,18-36,38,40-49H2,1-5H3,(H-,54,57,59,60)/b17-15+,39-37+. The molecule has 0 aliphatic heterocycles. The molecule has 0 rings (SSSR count). The molecule has 3 N–H and O–H groups in total. The number of amides is 1. The van der Waals surface area contributed by atoms with E-state index in [0.717, 1.165) is 38.5 Å². The monoisotopic (exact) mass is 913 g/mol. The normalized spacial score (nSPS) is 14.7. The Kier molecular flexibility index (Phi) is 44.0. The summed E-state index contributed by atoms with van der Waals surface area (Å²) in [7, 11) is 1.11. The molecule has 0 spiro atoms. The average Bonchev–Trinajstić information content (AvgIpc) is 3.24. The molecule has 0 heterocycles. The molecule has 63 heavy (non-hydrogen) atoms. The lowest BCUT2D eigenvalue weighted by Gasteiger charge is -2.31. The molecular weight excluding hydrogens is 808 g/mol. The van der Waals surface area contributed by atoms with Crippen LogP contribution >= 0.6 is 7.82 Å². The van der Waals surface area contributed by atoms with Crippen molar-refractivity contribution in [2.24, 2.45) is 0 Å². The highest BCUT2D eigenvalue weighted by molar-refractivity contribution is 7.45. The van der Waals surface area contributed by atoms with Crippen molar-refractivity contribution >= 4 is 13.7 Å². The second kappa shape index (κ2) is 44.8. The first-order valence-electron chi connectivity index (χ1n) is 26.8. The van der Waals surface area contributed by atoms with Crippen molar-refractivity contribution < 1.29 is 38.0 Å². The van der Waals surface area contributed by atoms with E-state index in [1.807, 2.05) is 21.1 Å². The minimum absolute atomic E-state index is 0.0467. The molecule has 0 saturated heterocycles. The maximum atomic E-state index is 12.9. The lowest BCUT2D eigenvalue weighted by atomic mass is 10.0. The number of hydrogen-bond acceptors (Lipinski definition) is 7. The van der Waals surface area contributed by atoms with E-state index in [4.69, 9.17) is 9.05 Å². The molecule has 0 saturated carbocycles. The molecule has 0 aliphatic rings. The van der Waals surface area contributed by atoms with Crippen molar-refractivity contribution in [1.29, 1.82) is 0 Å². The minimum atomic E-state index is -4.68. The van der Waals surface area contributed by atoms with Gasteiger partial charge in [-0.1, -0.05) is 218 Å². The molecule has 0 aromatic carbocycles. The van der Waals surface area contributed by atoms with Crippen molar-refractivity contribution in [2.75, 3.05) is 40.9 Å². The van der Waals surface area contributed by atoms with Gasteiger partial charge >= 0.3 is 0 Å². The Bertz CT molecular complexity index is 1100. The molecule has 0 aliphatic carbocycles. The molecule has 0 fully saturated rings. The number of allylic oxidation sites excluding steroid dienone is 4. The Balaban J connectivity index is 4.19. The van der Waals surface area contributed by atoms with Crippen LogP contribution in [0.25, 0.3) is 0 Å². The van der Waals surface area contributed by atoms with Crippen LogP contribution < -0.4 is 10.2 Å². The second-order valence-electron chi connectivity index (χ2n) is 19.7. The fourth-order valence-electron chi connectivity index (χ4n) is 7.98. The van der Waals surface area contributed by atoms with Gasteiger partial charge in [-0.3, -0.25) is 9.36 Å². The molecule has 0 radical (unpaired) electrons. The van der Waals surface area contributed by atoms with Gasteiger partial charge in [-0.2, -0.15) is 0 Å². The first kappa shape index (κ1) is 61.9. The third-order valence-electron chi connectivity index (χ3n) is 12.3. The molecule has 4 atom stereocenters. The van der Waals surface area contributed by atoms with Gasteiger partial charge in [-0.25, -0.2) is 0 Å². The second-order valence-corrected chi connectivity index (χ2v) is 21.1. The molecule has 374 valence electrons. The van der Waals surface area contributed by atoms with E-state index in [9.17, 15) is 24.5 Å². The Labute approximate surface area is 390 Å². The van der Waals surface area contributed by atoms with Gasteiger partial charge in [0.05, 0.1) is 39.9 Å². The van der Waals surface area contributed by atoms with Gasteiger partial charge in [-0.15, -0.1) is 0 Å². The topological polar surface area (TPSA) is 128 Å². The molecule has 4 unspecified atom stereocenters. The summed E-state index contributed by atoms with van der Waals surface area (Å²) in [6.07, 6.45) is 51.1. The SMILES string of the molecule is CCCCC/C=C/CC/C=C/CCCC(O)C(O)C(COP(=O)([O-])OCC[N+](C)(C)C)NC(=O)CCCCCCCCCCCCCCCCCCCCCCCCCCCCC. The summed E-state index contributed by atoms with van der Waals surface area (Å²) in [5.74, 6) is -0.288. The number of aliphatic hydroxyl groups is 2. The van der Waals surface area contributed by atoms with Crippen LogP contribution in [0.5, 0.6) is 0 Å². The maximum absolute atomic E-state index is 12.9. The molecule has 0 aromatic rings. The number of unbranched alkanes of at least 4 members (excludes halogenated alkanes) is 31. The van der Waals surface area contributed by atoms with Gasteiger partial charge < -0.3 is 34.0 Å². The largest absolute Gasteiger partial charge is 0.756 e. The summed E-state index contributed by atoms with van der Waals surface area (Å²) in [4.78, 5) is 25.5. The van der Waals surface area contributed by atoms with Crippen molar-refractivity contribution in [2.45, 2.75) is 270 Å². The van der Waals surface area contributed by atoms with E-state index in [1.165, 1.54) is 173 Å². The summed E-state index contributed by atoms with van der Waals surface area (Å²) in [5.41, 5.74) is 0. The Morgan fingerprint density at radius 2 is 0.921 bits per heavy atom. The minimum Gasteiger partial charge on any atom is -0.756 e. The summed E-state index contributed by atoms with van der Waals surface area (Å²) in [5, 5.41) is 24.6. The van der Waals surface area contributed by atoms with E-state index < -0.39 is 32.7 Å². The Hall–Kier alpha value is -1.06. The van der Waals surface area contributed by atoms with Crippen molar-refractivity contribution in [3.05, 3.63) is 24.3 Å². The number of carbonyl (C=O) groups excluding carboxylic acids is 1. The predicted molar refractivity (Wildman–Crippen MR) is 267 cm³/mol. The summed E-state index contributed by atoms with van der Waals surface area (Å²) >= 11 is 0. The molecule has 10 heteroatoms.